The van der Waals surface area contributed by atoms with Gasteiger partial charge in [-0.2, -0.15) is 0 Å². The monoisotopic (exact) mass is 735 g/mol. The van der Waals surface area contributed by atoms with Gasteiger partial charge in [-0.05, 0) is 124 Å². The number of carbonyl (C=O) groups excluding carboxylic acids is 1. The molecule has 2 saturated carbocycles. The summed E-state index contributed by atoms with van der Waals surface area (Å²) in [5, 5.41) is 3.05. The molecule has 0 spiro atoms. The van der Waals surface area contributed by atoms with Crippen LogP contribution in [0.25, 0.3) is 0 Å². The number of carbonyl (C=O) groups is 1. The van der Waals surface area contributed by atoms with Gasteiger partial charge in [-0.1, -0.05) is 24.3 Å². The van der Waals surface area contributed by atoms with E-state index in [-0.39, 0.29) is 24.3 Å². The first kappa shape index (κ1) is 41.0. The maximum absolute atomic E-state index is 12.0. The summed E-state index contributed by atoms with van der Waals surface area (Å²) in [6.07, 6.45) is 9.34. The Balaban J connectivity index is 0.000000211. The van der Waals surface area contributed by atoms with Crippen LogP contribution in [0.15, 0.2) is 48.5 Å². The molecule has 0 radical (unpaired) electrons. The van der Waals surface area contributed by atoms with Crippen LogP contribution in [-0.4, -0.2) is 110 Å². The van der Waals surface area contributed by atoms with Crippen molar-refractivity contribution in [3.63, 3.8) is 0 Å². The predicted octanol–water partition coefficient (Wildman–Crippen LogP) is 7.30. The molecule has 1 amide bonds. The average molecular weight is 735 g/mol. The minimum absolute atomic E-state index is 0.178. The van der Waals surface area contributed by atoms with Crippen molar-refractivity contribution in [3.05, 3.63) is 48.5 Å². The predicted molar refractivity (Wildman–Crippen MR) is 218 cm³/mol. The highest BCUT2D eigenvalue weighted by molar-refractivity contribution is 5.68. The van der Waals surface area contributed by atoms with Gasteiger partial charge in [0.1, 0.15) is 17.1 Å². The highest BCUT2D eigenvalue weighted by Gasteiger charge is 2.31. The molecule has 2 aliphatic carbocycles. The number of benzene rings is 2. The number of ether oxygens (including phenoxy) is 3. The van der Waals surface area contributed by atoms with Crippen LogP contribution in [0.2, 0.25) is 0 Å². The van der Waals surface area contributed by atoms with Crippen molar-refractivity contribution < 1.29 is 19.0 Å². The third kappa shape index (κ3) is 12.7. The fourth-order valence-electron chi connectivity index (χ4n) is 8.33. The molecular weight excluding hydrogens is 665 g/mol. The molecule has 2 saturated heterocycles. The zero-order valence-electron chi connectivity index (χ0n) is 33.9. The van der Waals surface area contributed by atoms with E-state index in [1.807, 2.05) is 26.8 Å². The largest absolute Gasteiger partial charge is 0.489 e. The Morgan fingerprint density at radius 1 is 0.642 bits per heavy atom. The van der Waals surface area contributed by atoms with Crippen LogP contribution >= 0.6 is 0 Å². The summed E-state index contributed by atoms with van der Waals surface area (Å²) in [5.74, 6) is 1.99. The molecule has 0 aromatic heterocycles. The van der Waals surface area contributed by atoms with E-state index in [2.05, 4.69) is 95.1 Å². The van der Waals surface area contributed by atoms with Crippen molar-refractivity contribution in [3.8, 4) is 11.5 Å². The fourth-order valence-corrected chi connectivity index (χ4v) is 8.33. The molecule has 4 fully saturated rings. The van der Waals surface area contributed by atoms with E-state index in [4.69, 9.17) is 19.9 Å². The second-order valence-corrected chi connectivity index (χ2v) is 17.0. The van der Waals surface area contributed by atoms with Gasteiger partial charge >= 0.3 is 6.09 Å². The van der Waals surface area contributed by atoms with E-state index in [0.717, 1.165) is 95.6 Å². The van der Waals surface area contributed by atoms with Gasteiger partial charge in [0.05, 0.1) is 23.6 Å². The third-order valence-electron chi connectivity index (χ3n) is 11.0. The number of piperazine rings is 2. The normalized spacial score (nSPS) is 24.7. The van der Waals surface area contributed by atoms with E-state index < -0.39 is 5.60 Å². The Morgan fingerprint density at radius 3 is 1.43 bits per heavy atom. The number of nitrogens with two attached hydrogens (primary N) is 1. The van der Waals surface area contributed by atoms with Crippen LogP contribution < -0.4 is 30.3 Å². The van der Waals surface area contributed by atoms with Gasteiger partial charge in [0.15, 0.2) is 0 Å². The Bertz CT molecular complexity index is 1380. The molecule has 6 rings (SSSR count). The lowest BCUT2D eigenvalue weighted by molar-refractivity contribution is 0.0475. The van der Waals surface area contributed by atoms with Crippen molar-refractivity contribution in [2.75, 3.05) is 62.2 Å². The third-order valence-corrected chi connectivity index (χ3v) is 11.0. The number of para-hydroxylation sites is 4. The highest BCUT2D eigenvalue weighted by Crippen LogP contribution is 2.33. The minimum Gasteiger partial charge on any atom is -0.489 e. The molecule has 2 aromatic rings. The summed E-state index contributed by atoms with van der Waals surface area (Å²) in [7, 11) is 0. The lowest BCUT2D eigenvalue weighted by Crippen LogP contribution is -2.52. The van der Waals surface area contributed by atoms with E-state index in [0.29, 0.717) is 12.1 Å². The molecule has 0 bridgehead atoms. The smallest absolute Gasteiger partial charge is 0.407 e. The number of alkyl carbamates (subject to hydrolysis) is 1. The average Bonchev–Trinajstić information content (AvgIpc) is 3.12. The lowest BCUT2D eigenvalue weighted by Gasteiger charge is -2.43. The maximum Gasteiger partial charge on any atom is 0.407 e. The van der Waals surface area contributed by atoms with Crippen LogP contribution in [0.4, 0.5) is 16.2 Å². The fraction of sp³-hybridized carbons (Fsp3) is 0.698. The summed E-state index contributed by atoms with van der Waals surface area (Å²) in [5.41, 5.74) is 8.04. The quantitative estimate of drug-likeness (QED) is 0.275. The molecule has 10 nitrogen and oxygen atoms in total. The van der Waals surface area contributed by atoms with Crippen molar-refractivity contribution >= 4 is 17.5 Å². The van der Waals surface area contributed by atoms with Gasteiger partial charge in [0.25, 0.3) is 0 Å². The first-order valence-electron chi connectivity index (χ1n) is 20.6. The Labute approximate surface area is 320 Å². The van der Waals surface area contributed by atoms with Crippen LogP contribution in [0.5, 0.6) is 11.5 Å². The summed E-state index contributed by atoms with van der Waals surface area (Å²) in [6, 6.07) is 18.9. The SMILES string of the molecule is CC(C)Oc1ccccc1N1CCN(C2CCC(N)CC2)CC1.CC(C)Oc1ccccc1N1CCN(C2CCC(NC(=O)OC(C)(C)C)CC2)CC1. The molecule has 296 valence electrons. The van der Waals surface area contributed by atoms with Crippen molar-refractivity contribution in [2.45, 2.75) is 142 Å². The van der Waals surface area contributed by atoms with Crippen LogP contribution in [-0.2, 0) is 4.74 Å². The number of anilines is 2. The van der Waals surface area contributed by atoms with Gasteiger partial charge < -0.3 is 35.1 Å². The molecule has 10 heteroatoms. The second kappa shape index (κ2) is 19.4. The molecule has 2 aromatic carbocycles. The van der Waals surface area contributed by atoms with E-state index in [9.17, 15) is 4.79 Å². The molecule has 0 unspecified atom stereocenters. The molecule has 2 aliphatic heterocycles. The lowest BCUT2D eigenvalue weighted by atomic mass is 9.90. The molecule has 2 heterocycles. The van der Waals surface area contributed by atoms with Crippen LogP contribution in [0.1, 0.15) is 99.8 Å². The molecule has 0 atom stereocenters. The number of amides is 1. The summed E-state index contributed by atoms with van der Waals surface area (Å²) in [6.45, 7) is 22.7. The number of hydrogen-bond donors (Lipinski definition) is 2. The topological polar surface area (TPSA) is 95.8 Å². The number of nitrogens with zero attached hydrogens (tertiary/aromatic N) is 4. The van der Waals surface area contributed by atoms with Gasteiger partial charge in [0.2, 0.25) is 0 Å². The van der Waals surface area contributed by atoms with Crippen LogP contribution in [0, 0.1) is 0 Å². The Kier molecular flexibility index (Phi) is 15.0. The van der Waals surface area contributed by atoms with Crippen molar-refractivity contribution in [1.82, 2.24) is 15.1 Å². The second-order valence-electron chi connectivity index (χ2n) is 17.0. The molecule has 3 N–H and O–H groups in total. The first-order valence-corrected chi connectivity index (χ1v) is 20.6. The first-order chi connectivity index (χ1) is 25.3. The zero-order valence-corrected chi connectivity index (χ0v) is 33.9. The maximum atomic E-state index is 12.0. The van der Waals surface area contributed by atoms with Crippen molar-refractivity contribution in [2.24, 2.45) is 5.73 Å². The summed E-state index contributed by atoms with van der Waals surface area (Å²) >= 11 is 0. The van der Waals surface area contributed by atoms with E-state index in [1.165, 1.54) is 37.1 Å². The van der Waals surface area contributed by atoms with E-state index >= 15 is 0 Å². The molecule has 4 aliphatic rings. The van der Waals surface area contributed by atoms with Gasteiger partial charge in [-0.25, -0.2) is 4.79 Å². The van der Waals surface area contributed by atoms with Crippen LogP contribution in [0.3, 0.4) is 0 Å². The van der Waals surface area contributed by atoms with Crippen molar-refractivity contribution in [1.29, 1.82) is 0 Å². The number of rotatable bonds is 9. The number of hydrogen-bond acceptors (Lipinski definition) is 9. The minimum atomic E-state index is -0.445. The zero-order chi connectivity index (χ0) is 38.0. The Morgan fingerprint density at radius 2 is 1.04 bits per heavy atom. The summed E-state index contributed by atoms with van der Waals surface area (Å²) < 4.78 is 17.4. The Hall–Kier alpha value is -3.21. The number of nitrogens with one attached hydrogen (secondary N) is 1. The molecular formula is C43H70N6O4. The van der Waals surface area contributed by atoms with Gasteiger partial charge in [0, 0.05) is 76.5 Å². The molecule has 53 heavy (non-hydrogen) atoms. The summed E-state index contributed by atoms with van der Waals surface area (Å²) in [4.78, 5) is 22.2. The standard InChI is InChI=1S/C24H39N3O3.C19H31N3O/c1-18(2)29-22-9-7-6-8-21(22)27-16-14-26(15-17-27)20-12-10-19(11-13-20)25-23(28)30-24(3,4)5;1-15(2)23-19-6-4-3-5-18(19)22-13-11-21(12-14-22)17-9-7-16(20)8-10-17/h6-9,18-20H,10-17H2,1-5H3,(H,25,28);3-6,15-17H,7-14,20H2,1-2H3. The van der Waals surface area contributed by atoms with Gasteiger partial charge in [-0.3, -0.25) is 9.80 Å². The highest BCUT2D eigenvalue weighted by atomic mass is 16.6. The van der Waals surface area contributed by atoms with Gasteiger partial charge in [-0.15, -0.1) is 0 Å². The van der Waals surface area contributed by atoms with E-state index in [1.54, 1.807) is 0 Å².